The van der Waals surface area contributed by atoms with Gasteiger partial charge in [0.25, 0.3) is 5.88 Å². The number of amides is 2. The van der Waals surface area contributed by atoms with Gasteiger partial charge >= 0.3 is 6.03 Å². The fraction of sp³-hybridized carbons (Fsp3) is 0.476. The number of hydrogen-bond acceptors (Lipinski definition) is 8. The second-order valence-electron chi connectivity index (χ2n) is 8.06. The molecule has 1 atom stereocenters. The molecule has 0 aliphatic carbocycles. The highest BCUT2D eigenvalue weighted by atomic mass is 16.5. The molecule has 2 N–H and O–H groups in total. The number of nitrogens with zero attached hydrogens (tertiary/aromatic N) is 7. The summed E-state index contributed by atoms with van der Waals surface area (Å²) in [6.45, 7) is 9.67. The predicted molar refractivity (Wildman–Crippen MR) is 121 cm³/mol. The summed E-state index contributed by atoms with van der Waals surface area (Å²) in [5.41, 5.74) is 2.79. The van der Waals surface area contributed by atoms with Crippen LogP contribution in [-0.2, 0) is 6.42 Å². The number of aromatic nitrogens is 5. The lowest BCUT2D eigenvalue weighted by Gasteiger charge is -2.34. The Morgan fingerprint density at radius 3 is 3.03 bits per heavy atom. The highest BCUT2D eigenvalue weighted by molar-refractivity contribution is 6.02. The number of pyridine rings is 1. The fourth-order valence-corrected chi connectivity index (χ4v) is 4.36. The van der Waals surface area contributed by atoms with E-state index in [1.54, 1.807) is 28.7 Å². The minimum absolute atomic E-state index is 0.284. The summed E-state index contributed by atoms with van der Waals surface area (Å²) in [7, 11) is 0. The maximum atomic E-state index is 13.2. The molecule has 1 saturated heterocycles. The first-order valence-electron chi connectivity index (χ1n) is 10.9. The van der Waals surface area contributed by atoms with Crippen molar-refractivity contribution in [2.45, 2.75) is 33.2 Å². The van der Waals surface area contributed by atoms with E-state index in [2.05, 4.69) is 48.6 Å². The summed E-state index contributed by atoms with van der Waals surface area (Å²) in [6.07, 6.45) is 4.18. The Morgan fingerprint density at radius 1 is 1.34 bits per heavy atom. The number of piperazine rings is 1. The molecule has 5 rings (SSSR count). The molecule has 1 fully saturated rings. The first-order chi connectivity index (χ1) is 15.5. The average molecular weight is 438 g/mol. The van der Waals surface area contributed by atoms with Gasteiger partial charge in [0.2, 0.25) is 5.65 Å². The molecule has 0 aromatic carbocycles. The van der Waals surface area contributed by atoms with E-state index in [1.165, 1.54) is 0 Å². The van der Waals surface area contributed by atoms with Gasteiger partial charge in [0.1, 0.15) is 11.6 Å². The molecule has 0 bridgehead atoms. The third kappa shape index (κ3) is 3.68. The molecule has 2 aliphatic rings. The molecule has 3 aromatic heterocycles. The van der Waals surface area contributed by atoms with Gasteiger partial charge in [0, 0.05) is 49.7 Å². The van der Waals surface area contributed by atoms with Crippen LogP contribution in [-0.4, -0.2) is 69.4 Å². The minimum Gasteiger partial charge on any atom is -0.475 e. The van der Waals surface area contributed by atoms with Gasteiger partial charge in [-0.3, -0.25) is 10.2 Å². The SMILES string of the molecule is CCOc1nc(NC(=O)N2CCc3c(N4CCN[C@H](C)C4)ccnc32)cn2nc(C)nc12. The molecule has 2 aliphatic heterocycles. The van der Waals surface area contributed by atoms with E-state index in [-0.39, 0.29) is 6.03 Å². The number of fused-ring (bicyclic) bond motifs is 2. The number of ether oxygens (including phenoxy) is 1. The van der Waals surface area contributed by atoms with Crippen LogP contribution >= 0.6 is 0 Å². The largest absolute Gasteiger partial charge is 0.475 e. The summed E-state index contributed by atoms with van der Waals surface area (Å²) in [5, 5.41) is 10.7. The van der Waals surface area contributed by atoms with Crippen LogP contribution in [0.2, 0.25) is 0 Å². The van der Waals surface area contributed by atoms with Crippen molar-refractivity contribution >= 4 is 29.0 Å². The maximum absolute atomic E-state index is 13.2. The number of hydrogen-bond donors (Lipinski definition) is 2. The van der Waals surface area contributed by atoms with Gasteiger partial charge in [-0.15, -0.1) is 0 Å². The zero-order chi connectivity index (χ0) is 22.2. The predicted octanol–water partition coefficient (Wildman–Crippen LogP) is 1.62. The Hall–Kier alpha value is -3.47. The first-order valence-corrected chi connectivity index (χ1v) is 10.9. The summed E-state index contributed by atoms with van der Waals surface area (Å²) >= 11 is 0. The monoisotopic (exact) mass is 437 g/mol. The highest BCUT2D eigenvalue weighted by Gasteiger charge is 2.31. The van der Waals surface area contributed by atoms with E-state index in [4.69, 9.17) is 4.74 Å². The van der Waals surface area contributed by atoms with Crippen LogP contribution in [0.25, 0.3) is 5.65 Å². The molecular formula is C21H27N9O2. The van der Waals surface area contributed by atoms with Crippen LogP contribution < -0.4 is 25.2 Å². The third-order valence-electron chi connectivity index (χ3n) is 5.72. The highest BCUT2D eigenvalue weighted by Crippen LogP contribution is 2.34. The number of carbonyl (C=O) groups excluding carboxylic acids is 1. The van der Waals surface area contributed by atoms with E-state index in [1.807, 2.05) is 6.92 Å². The van der Waals surface area contributed by atoms with Crippen LogP contribution in [0.5, 0.6) is 5.88 Å². The molecule has 168 valence electrons. The Morgan fingerprint density at radius 2 is 2.22 bits per heavy atom. The van der Waals surface area contributed by atoms with Crippen molar-refractivity contribution in [3.05, 3.63) is 29.8 Å². The maximum Gasteiger partial charge on any atom is 0.328 e. The second kappa shape index (κ2) is 8.23. The number of nitrogens with one attached hydrogen (secondary N) is 2. The van der Waals surface area contributed by atoms with E-state index in [0.717, 1.165) is 37.3 Å². The van der Waals surface area contributed by atoms with Gasteiger partial charge in [-0.1, -0.05) is 0 Å². The van der Waals surface area contributed by atoms with Gasteiger partial charge in [-0.2, -0.15) is 10.1 Å². The number of aryl methyl sites for hydroxylation is 1. The molecule has 2 amide bonds. The molecule has 3 aromatic rings. The average Bonchev–Trinajstić information content (AvgIpc) is 3.37. The standard InChI is InChI=1S/C21H27N9O2/c1-4-32-20-19-24-14(3)27-30(19)12-17(25-20)26-21(31)29-9-6-15-16(5-7-23-18(15)29)28-10-8-22-13(2)11-28/h5,7,12-13,22H,4,6,8-11H2,1-3H3,(H,26,31)/t13-/m1/s1. The van der Waals surface area contributed by atoms with E-state index < -0.39 is 0 Å². The lowest BCUT2D eigenvalue weighted by atomic mass is 10.1. The van der Waals surface area contributed by atoms with Crippen molar-refractivity contribution in [1.82, 2.24) is 29.9 Å². The van der Waals surface area contributed by atoms with Crippen LogP contribution in [0.1, 0.15) is 25.2 Å². The zero-order valence-corrected chi connectivity index (χ0v) is 18.5. The van der Waals surface area contributed by atoms with Crippen molar-refractivity contribution in [2.75, 3.05) is 47.9 Å². The van der Waals surface area contributed by atoms with Crippen molar-refractivity contribution in [2.24, 2.45) is 0 Å². The lowest BCUT2D eigenvalue weighted by molar-refractivity contribution is 0.257. The summed E-state index contributed by atoms with van der Waals surface area (Å²) in [6, 6.07) is 2.19. The Kier molecular flexibility index (Phi) is 5.25. The lowest BCUT2D eigenvalue weighted by Crippen LogP contribution is -2.49. The van der Waals surface area contributed by atoms with Crippen LogP contribution in [0.4, 0.5) is 22.1 Å². The molecule has 0 unspecified atom stereocenters. The van der Waals surface area contributed by atoms with Gasteiger partial charge in [-0.25, -0.2) is 19.3 Å². The molecule has 0 radical (unpaired) electrons. The second-order valence-corrected chi connectivity index (χ2v) is 8.06. The smallest absolute Gasteiger partial charge is 0.328 e. The molecule has 11 nitrogen and oxygen atoms in total. The number of carbonyl (C=O) groups is 1. The summed E-state index contributed by atoms with van der Waals surface area (Å²) < 4.78 is 7.18. The van der Waals surface area contributed by atoms with Gasteiger partial charge < -0.3 is 15.0 Å². The summed E-state index contributed by atoms with van der Waals surface area (Å²) in [4.78, 5) is 30.5. The Bertz CT molecular complexity index is 1160. The molecule has 0 spiro atoms. The molecular weight excluding hydrogens is 410 g/mol. The Labute approximate surface area is 185 Å². The van der Waals surface area contributed by atoms with E-state index >= 15 is 0 Å². The zero-order valence-electron chi connectivity index (χ0n) is 18.5. The first kappa shape index (κ1) is 20.4. The van der Waals surface area contributed by atoms with Crippen LogP contribution in [0.15, 0.2) is 18.5 Å². The molecule has 32 heavy (non-hydrogen) atoms. The van der Waals surface area contributed by atoms with Gasteiger partial charge in [0.15, 0.2) is 5.82 Å². The minimum atomic E-state index is -0.284. The fourth-order valence-electron chi connectivity index (χ4n) is 4.36. The van der Waals surface area contributed by atoms with Crippen LogP contribution in [0.3, 0.4) is 0 Å². The number of anilines is 3. The van der Waals surface area contributed by atoms with E-state index in [0.29, 0.717) is 48.2 Å². The van der Waals surface area contributed by atoms with Crippen molar-refractivity contribution < 1.29 is 9.53 Å². The van der Waals surface area contributed by atoms with Gasteiger partial charge in [-0.05, 0) is 33.3 Å². The normalized spacial score (nSPS) is 18.2. The molecule has 11 heteroatoms. The quantitative estimate of drug-likeness (QED) is 0.633. The Balaban J connectivity index is 1.40. The third-order valence-corrected chi connectivity index (χ3v) is 5.72. The van der Waals surface area contributed by atoms with Crippen molar-refractivity contribution in [3.63, 3.8) is 0 Å². The van der Waals surface area contributed by atoms with Crippen molar-refractivity contribution in [3.8, 4) is 5.88 Å². The number of urea groups is 1. The van der Waals surface area contributed by atoms with Gasteiger partial charge in [0.05, 0.1) is 12.8 Å². The topological polar surface area (TPSA) is 113 Å². The van der Waals surface area contributed by atoms with Crippen molar-refractivity contribution in [1.29, 1.82) is 0 Å². The van der Waals surface area contributed by atoms with E-state index in [9.17, 15) is 4.79 Å². The summed E-state index contributed by atoms with van der Waals surface area (Å²) in [5.74, 6) is 1.98. The number of rotatable bonds is 4. The molecule has 5 heterocycles. The van der Waals surface area contributed by atoms with Crippen LogP contribution in [0, 0.1) is 6.92 Å². The molecule has 0 saturated carbocycles.